The van der Waals surface area contributed by atoms with Gasteiger partial charge in [-0.3, -0.25) is 9.69 Å². The van der Waals surface area contributed by atoms with Crippen LogP contribution < -0.4 is 5.32 Å². The first-order valence-corrected chi connectivity index (χ1v) is 7.81. The number of carbonyl (C=O) groups is 1. The van der Waals surface area contributed by atoms with Crippen LogP contribution in [0.1, 0.15) is 19.4 Å². The second-order valence-electron chi connectivity index (χ2n) is 6.24. The number of nitrogens with zero attached hydrogens (tertiary/aromatic N) is 1. The summed E-state index contributed by atoms with van der Waals surface area (Å²) in [6.07, 6.45) is 0. The van der Waals surface area contributed by atoms with Gasteiger partial charge >= 0.3 is 0 Å². The molecule has 1 heterocycles. The van der Waals surface area contributed by atoms with Crippen LogP contribution in [0.15, 0.2) is 42.5 Å². The minimum Gasteiger partial charge on any atom is -0.378 e. The molecule has 4 heteroatoms. The Labute approximate surface area is 133 Å². The van der Waals surface area contributed by atoms with Crippen LogP contribution in [0.2, 0.25) is 0 Å². The molecular formula is C18H26N2O2. The lowest BCUT2D eigenvalue weighted by atomic mass is 9.93. The number of likely N-dealkylation sites (N-methyl/N-ethyl adjacent to an activating group) is 1. The molecule has 1 amide bonds. The Balaban J connectivity index is 1.95. The molecule has 22 heavy (non-hydrogen) atoms. The fraction of sp³-hybridized carbons (Fsp3) is 0.500. The van der Waals surface area contributed by atoms with Gasteiger partial charge in [-0.15, -0.1) is 0 Å². The van der Waals surface area contributed by atoms with Crippen molar-refractivity contribution in [3.63, 3.8) is 0 Å². The molecule has 1 aromatic carbocycles. The molecule has 1 aliphatic heterocycles. The average Bonchev–Trinajstić information content (AvgIpc) is 2.43. The van der Waals surface area contributed by atoms with E-state index in [1.165, 1.54) is 0 Å². The third kappa shape index (κ3) is 3.96. The molecule has 1 atom stereocenters. The molecule has 1 aromatic rings. The van der Waals surface area contributed by atoms with Crippen molar-refractivity contribution in [1.82, 2.24) is 10.2 Å². The Hall–Kier alpha value is -1.65. The van der Waals surface area contributed by atoms with Gasteiger partial charge in [-0.25, -0.2) is 0 Å². The number of nitrogens with one attached hydrogen (secondary N) is 1. The minimum atomic E-state index is -0.0744. The highest BCUT2D eigenvalue weighted by atomic mass is 16.5. The second-order valence-corrected chi connectivity index (χ2v) is 6.24. The molecule has 0 aliphatic carbocycles. The van der Waals surface area contributed by atoms with E-state index in [1.807, 2.05) is 37.4 Å². The number of benzene rings is 1. The third-order valence-electron chi connectivity index (χ3n) is 4.21. The Kier molecular flexibility index (Phi) is 5.75. The highest BCUT2D eigenvalue weighted by molar-refractivity contribution is 5.94. The lowest BCUT2D eigenvalue weighted by molar-refractivity contribution is -0.119. The first-order valence-electron chi connectivity index (χ1n) is 7.81. The summed E-state index contributed by atoms with van der Waals surface area (Å²) in [4.78, 5) is 14.6. The largest absolute Gasteiger partial charge is 0.378 e. The summed E-state index contributed by atoms with van der Waals surface area (Å²) in [5, 5.41) is 2.97. The Morgan fingerprint density at radius 3 is 2.50 bits per heavy atom. The molecular weight excluding hydrogens is 276 g/mol. The van der Waals surface area contributed by atoms with Crippen LogP contribution in [0, 0.1) is 5.92 Å². The smallest absolute Gasteiger partial charge is 0.248 e. The van der Waals surface area contributed by atoms with Crippen molar-refractivity contribution in [2.45, 2.75) is 32.5 Å². The molecule has 0 saturated carbocycles. The highest BCUT2D eigenvalue weighted by Gasteiger charge is 2.33. The van der Waals surface area contributed by atoms with Gasteiger partial charge in [0.2, 0.25) is 5.91 Å². The zero-order valence-electron chi connectivity index (χ0n) is 13.7. The van der Waals surface area contributed by atoms with E-state index >= 15 is 0 Å². The van der Waals surface area contributed by atoms with Gasteiger partial charge in [-0.05, 0) is 18.5 Å². The van der Waals surface area contributed by atoms with Gasteiger partial charge in [0.1, 0.15) is 0 Å². The maximum absolute atomic E-state index is 12.4. The molecule has 0 radical (unpaired) electrons. The standard InChI is InChI=1S/C18H26N2O2/c1-13(2)17(20(4)16-11-22-12-16)14(3)18(21)19-10-15-8-6-5-7-9-15/h5-9,13,16-17H,3,10-12H2,1-2,4H3,(H,19,21). The fourth-order valence-electron chi connectivity index (χ4n) is 2.83. The second kappa shape index (κ2) is 7.56. The van der Waals surface area contributed by atoms with E-state index in [-0.39, 0.29) is 11.9 Å². The van der Waals surface area contributed by atoms with E-state index in [2.05, 4.69) is 30.6 Å². The molecule has 2 rings (SSSR count). The summed E-state index contributed by atoms with van der Waals surface area (Å²) in [6.45, 7) is 10.3. The summed E-state index contributed by atoms with van der Waals surface area (Å²) >= 11 is 0. The van der Waals surface area contributed by atoms with E-state index in [4.69, 9.17) is 4.74 Å². The topological polar surface area (TPSA) is 41.6 Å². The number of hydrogen-bond donors (Lipinski definition) is 1. The number of rotatable bonds is 7. The van der Waals surface area contributed by atoms with Gasteiger partial charge in [-0.2, -0.15) is 0 Å². The summed E-state index contributed by atoms with van der Waals surface area (Å²) in [7, 11) is 2.05. The van der Waals surface area contributed by atoms with E-state index in [0.29, 0.717) is 24.1 Å². The fourth-order valence-corrected chi connectivity index (χ4v) is 2.83. The summed E-state index contributed by atoms with van der Waals surface area (Å²) in [5.74, 6) is 0.246. The van der Waals surface area contributed by atoms with Gasteiger partial charge in [0.25, 0.3) is 0 Å². The first-order chi connectivity index (χ1) is 10.5. The van der Waals surface area contributed by atoms with E-state index in [0.717, 1.165) is 18.8 Å². The lowest BCUT2D eigenvalue weighted by Gasteiger charge is -2.41. The molecule has 1 aliphatic rings. The summed E-state index contributed by atoms with van der Waals surface area (Å²) < 4.78 is 5.26. The van der Waals surface area contributed by atoms with Crippen molar-refractivity contribution in [3.05, 3.63) is 48.0 Å². The first kappa shape index (κ1) is 16.7. The van der Waals surface area contributed by atoms with Gasteiger partial charge in [0, 0.05) is 18.2 Å². The average molecular weight is 302 g/mol. The lowest BCUT2D eigenvalue weighted by Crippen LogP contribution is -2.54. The van der Waals surface area contributed by atoms with Crippen molar-refractivity contribution < 1.29 is 9.53 Å². The zero-order chi connectivity index (χ0) is 16.1. The molecule has 1 unspecified atom stereocenters. The normalized spacial score (nSPS) is 16.4. The Bertz CT molecular complexity index is 509. The maximum atomic E-state index is 12.4. The molecule has 120 valence electrons. The number of amides is 1. The van der Waals surface area contributed by atoms with Crippen LogP contribution >= 0.6 is 0 Å². The van der Waals surface area contributed by atoms with E-state index < -0.39 is 0 Å². The van der Waals surface area contributed by atoms with Crippen molar-refractivity contribution >= 4 is 5.91 Å². The predicted octanol–water partition coefficient (Wildman–Crippen LogP) is 2.21. The molecule has 1 N–H and O–H groups in total. The third-order valence-corrected chi connectivity index (χ3v) is 4.21. The molecule has 0 spiro atoms. The summed E-state index contributed by atoms with van der Waals surface area (Å²) in [5.41, 5.74) is 1.71. The monoisotopic (exact) mass is 302 g/mol. The van der Waals surface area contributed by atoms with Gasteiger partial charge < -0.3 is 10.1 Å². The van der Waals surface area contributed by atoms with Crippen molar-refractivity contribution in [1.29, 1.82) is 0 Å². The maximum Gasteiger partial charge on any atom is 0.248 e. The highest BCUT2D eigenvalue weighted by Crippen LogP contribution is 2.22. The van der Waals surface area contributed by atoms with Crippen molar-refractivity contribution in [2.75, 3.05) is 20.3 Å². The zero-order valence-corrected chi connectivity index (χ0v) is 13.7. The van der Waals surface area contributed by atoms with Crippen LogP contribution in [-0.4, -0.2) is 43.2 Å². The number of hydrogen-bond acceptors (Lipinski definition) is 3. The van der Waals surface area contributed by atoms with Gasteiger partial charge in [0.05, 0.1) is 19.3 Å². The molecule has 1 fully saturated rings. The SMILES string of the molecule is C=C(C(=O)NCc1ccccc1)C(C(C)C)N(C)C1COC1. The molecule has 0 bridgehead atoms. The Morgan fingerprint density at radius 2 is 2.00 bits per heavy atom. The molecule has 1 saturated heterocycles. The number of carbonyl (C=O) groups excluding carboxylic acids is 1. The quantitative estimate of drug-likeness (QED) is 0.785. The van der Waals surface area contributed by atoms with Crippen LogP contribution in [0.25, 0.3) is 0 Å². The van der Waals surface area contributed by atoms with Crippen LogP contribution in [0.5, 0.6) is 0 Å². The van der Waals surface area contributed by atoms with Crippen molar-refractivity contribution in [2.24, 2.45) is 5.92 Å². The van der Waals surface area contributed by atoms with Crippen molar-refractivity contribution in [3.8, 4) is 0 Å². The van der Waals surface area contributed by atoms with E-state index in [1.54, 1.807) is 0 Å². The molecule has 0 aromatic heterocycles. The minimum absolute atomic E-state index is 0.0321. The van der Waals surface area contributed by atoms with Crippen LogP contribution in [-0.2, 0) is 16.1 Å². The van der Waals surface area contributed by atoms with Crippen LogP contribution in [0.3, 0.4) is 0 Å². The van der Waals surface area contributed by atoms with Gasteiger partial charge in [0.15, 0.2) is 0 Å². The van der Waals surface area contributed by atoms with Gasteiger partial charge in [-0.1, -0.05) is 50.8 Å². The van der Waals surface area contributed by atoms with Crippen LogP contribution in [0.4, 0.5) is 0 Å². The summed E-state index contributed by atoms with van der Waals surface area (Å²) in [6, 6.07) is 10.3. The molecule has 4 nitrogen and oxygen atoms in total. The Morgan fingerprint density at radius 1 is 1.36 bits per heavy atom. The number of ether oxygens (including phenoxy) is 1. The van der Waals surface area contributed by atoms with E-state index in [9.17, 15) is 4.79 Å². The predicted molar refractivity (Wildman–Crippen MR) is 88.4 cm³/mol.